The number of hydrogen-bond acceptors (Lipinski definition) is 1. The third kappa shape index (κ3) is 6.02. The van der Waals surface area contributed by atoms with Crippen LogP contribution in [0.4, 0.5) is 4.39 Å². The molecule has 2 heteroatoms. The molecule has 1 nitrogen and oxygen atoms in total. The van der Waals surface area contributed by atoms with Crippen molar-refractivity contribution in [2.45, 2.75) is 51.8 Å². The summed E-state index contributed by atoms with van der Waals surface area (Å²) in [5.41, 5.74) is 0. The van der Waals surface area contributed by atoms with Crippen LogP contribution in [0.15, 0.2) is 0 Å². The summed E-state index contributed by atoms with van der Waals surface area (Å²) in [5.74, 6) is 0. The largest absolute Gasteiger partial charge is 0.393 e. The van der Waals surface area contributed by atoms with Crippen molar-refractivity contribution in [2.75, 3.05) is 0 Å². The van der Waals surface area contributed by atoms with Gasteiger partial charge in [-0.2, -0.15) is 0 Å². The fourth-order valence-corrected chi connectivity index (χ4v) is 0.900. The van der Waals surface area contributed by atoms with E-state index < -0.39 is 6.17 Å². The van der Waals surface area contributed by atoms with Gasteiger partial charge >= 0.3 is 0 Å². The van der Waals surface area contributed by atoms with Crippen molar-refractivity contribution < 1.29 is 9.50 Å². The minimum absolute atomic E-state index is 0.289. The zero-order valence-corrected chi connectivity index (χ0v) is 6.81. The number of alkyl halides is 1. The fourth-order valence-electron chi connectivity index (χ4n) is 0.900. The molecule has 0 heterocycles. The van der Waals surface area contributed by atoms with Gasteiger partial charge in [-0.1, -0.05) is 13.3 Å². The number of aliphatic hydroxyl groups is 1. The highest BCUT2D eigenvalue weighted by Crippen LogP contribution is 2.07. The molecule has 0 fully saturated rings. The van der Waals surface area contributed by atoms with Crippen LogP contribution < -0.4 is 0 Å². The summed E-state index contributed by atoms with van der Waals surface area (Å²) in [6.45, 7) is 3.54. The van der Waals surface area contributed by atoms with Crippen LogP contribution in [0.5, 0.6) is 0 Å². The van der Waals surface area contributed by atoms with Crippen molar-refractivity contribution in [3.8, 4) is 0 Å². The Hall–Kier alpha value is -0.110. The van der Waals surface area contributed by atoms with Crippen molar-refractivity contribution in [1.29, 1.82) is 0 Å². The Bertz CT molecular complexity index is 73.7. The van der Waals surface area contributed by atoms with E-state index in [1.807, 2.05) is 6.92 Å². The van der Waals surface area contributed by atoms with Gasteiger partial charge in [-0.25, -0.2) is 4.39 Å². The lowest BCUT2D eigenvalue weighted by molar-refractivity contribution is 0.140. The van der Waals surface area contributed by atoms with Crippen LogP contribution in [0.1, 0.15) is 39.5 Å². The van der Waals surface area contributed by atoms with Gasteiger partial charge in [-0.3, -0.25) is 0 Å². The summed E-state index contributed by atoms with van der Waals surface area (Å²) >= 11 is 0. The number of hydrogen-bond donors (Lipinski definition) is 1. The summed E-state index contributed by atoms with van der Waals surface area (Å²) < 4.78 is 12.2. The third-order valence-corrected chi connectivity index (χ3v) is 1.52. The van der Waals surface area contributed by atoms with Gasteiger partial charge < -0.3 is 5.11 Å². The molecule has 0 aliphatic rings. The van der Waals surface area contributed by atoms with E-state index in [1.165, 1.54) is 6.92 Å². The van der Waals surface area contributed by atoms with Crippen LogP contribution >= 0.6 is 0 Å². The van der Waals surface area contributed by atoms with Crippen molar-refractivity contribution >= 4 is 0 Å². The molecular formula is C8H17FO. The molecule has 62 valence electrons. The van der Waals surface area contributed by atoms with E-state index in [4.69, 9.17) is 5.11 Å². The minimum atomic E-state index is -0.772. The third-order valence-electron chi connectivity index (χ3n) is 1.52. The Labute approximate surface area is 62.3 Å². The number of rotatable bonds is 5. The monoisotopic (exact) mass is 148 g/mol. The Balaban J connectivity index is 3.12. The maximum atomic E-state index is 12.2. The predicted molar refractivity (Wildman–Crippen MR) is 40.7 cm³/mol. The van der Waals surface area contributed by atoms with Gasteiger partial charge in [0.05, 0.1) is 12.3 Å². The lowest BCUT2D eigenvalue weighted by Gasteiger charge is -2.08. The highest BCUT2D eigenvalue weighted by Gasteiger charge is 2.04. The standard InChI is InChI=1S/C8H17FO/c1-3-4-8(10)6-5-7(2)9/h7-8,10H,3-6H2,1-2H3. The summed E-state index contributed by atoms with van der Waals surface area (Å²) in [6, 6.07) is 0. The Morgan fingerprint density at radius 2 is 1.90 bits per heavy atom. The van der Waals surface area contributed by atoms with Crippen LogP contribution in [0.2, 0.25) is 0 Å². The van der Waals surface area contributed by atoms with E-state index in [1.54, 1.807) is 0 Å². The second kappa shape index (κ2) is 5.66. The zero-order chi connectivity index (χ0) is 7.98. The van der Waals surface area contributed by atoms with E-state index >= 15 is 0 Å². The van der Waals surface area contributed by atoms with Gasteiger partial charge in [-0.05, 0) is 26.2 Å². The Kier molecular flexibility index (Phi) is 5.60. The average Bonchev–Trinajstić information content (AvgIpc) is 1.85. The summed E-state index contributed by atoms with van der Waals surface area (Å²) in [4.78, 5) is 0. The van der Waals surface area contributed by atoms with Crippen molar-refractivity contribution in [1.82, 2.24) is 0 Å². The van der Waals surface area contributed by atoms with Crippen LogP contribution in [-0.4, -0.2) is 17.4 Å². The van der Waals surface area contributed by atoms with E-state index in [9.17, 15) is 4.39 Å². The molecule has 0 saturated carbocycles. The summed E-state index contributed by atoms with van der Waals surface area (Å²) in [6.07, 6.45) is 1.80. The maximum absolute atomic E-state index is 12.2. The van der Waals surface area contributed by atoms with E-state index in [0.717, 1.165) is 12.8 Å². The van der Waals surface area contributed by atoms with Crippen molar-refractivity contribution in [2.24, 2.45) is 0 Å². The lowest BCUT2D eigenvalue weighted by Crippen LogP contribution is -2.08. The average molecular weight is 148 g/mol. The molecule has 0 aromatic rings. The smallest absolute Gasteiger partial charge is 0.0974 e. The molecule has 0 aromatic carbocycles. The minimum Gasteiger partial charge on any atom is -0.393 e. The van der Waals surface area contributed by atoms with E-state index in [2.05, 4.69) is 0 Å². The van der Waals surface area contributed by atoms with Gasteiger partial charge in [-0.15, -0.1) is 0 Å². The molecule has 1 N–H and O–H groups in total. The SMILES string of the molecule is CCCC(O)CCC(C)F. The van der Waals surface area contributed by atoms with Crippen LogP contribution in [0, 0.1) is 0 Å². The molecule has 0 amide bonds. The van der Waals surface area contributed by atoms with Gasteiger partial charge in [0.1, 0.15) is 0 Å². The van der Waals surface area contributed by atoms with Gasteiger partial charge in [0.25, 0.3) is 0 Å². The normalized spacial score (nSPS) is 16.8. The topological polar surface area (TPSA) is 20.2 Å². The molecular weight excluding hydrogens is 131 g/mol. The van der Waals surface area contributed by atoms with Gasteiger partial charge in [0.15, 0.2) is 0 Å². The molecule has 10 heavy (non-hydrogen) atoms. The molecule has 0 aromatic heterocycles. The van der Waals surface area contributed by atoms with Crippen LogP contribution in [-0.2, 0) is 0 Å². The van der Waals surface area contributed by atoms with E-state index in [0.29, 0.717) is 12.8 Å². The highest BCUT2D eigenvalue weighted by atomic mass is 19.1. The molecule has 2 atom stereocenters. The number of aliphatic hydroxyl groups excluding tert-OH is 1. The molecule has 0 saturated heterocycles. The second-order valence-electron chi connectivity index (χ2n) is 2.80. The quantitative estimate of drug-likeness (QED) is 0.634. The fraction of sp³-hybridized carbons (Fsp3) is 1.00. The predicted octanol–water partition coefficient (Wildman–Crippen LogP) is 2.29. The number of halogens is 1. The first-order valence-electron chi connectivity index (χ1n) is 3.99. The van der Waals surface area contributed by atoms with Crippen LogP contribution in [0.3, 0.4) is 0 Å². The summed E-state index contributed by atoms with van der Waals surface area (Å²) in [7, 11) is 0. The Morgan fingerprint density at radius 1 is 1.30 bits per heavy atom. The van der Waals surface area contributed by atoms with Crippen molar-refractivity contribution in [3.63, 3.8) is 0 Å². The molecule has 0 bridgehead atoms. The van der Waals surface area contributed by atoms with E-state index in [-0.39, 0.29) is 6.10 Å². The molecule has 0 rings (SSSR count). The first kappa shape index (κ1) is 9.89. The molecule has 0 aliphatic heterocycles. The second-order valence-corrected chi connectivity index (χ2v) is 2.80. The molecule has 2 unspecified atom stereocenters. The van der Waals surface area contributed by atoms with Gasteiger partial charge in [0, 0.05) is 0 Å². The zero-order valence-electron chi connectivity index (χ0n) is 6.81. The first-order chi connectivity index (χ1) is 4.66. The lowest BCUT2D eigenvalue weighted by atomic mass is 10.1. The first-order valence-corrected chi connectivity index (χ1v) is 3.99. The highest BCUT2D eigenvalue weighted by molar-refractivity contribution is 4.57. The maximum Gasteiger partial charge on any atom is 0.0974 e. The molecule has 0 spiro atoms. The molecule has 0 aliphatic carbocycles. The summed E-state index contributed by atoms with van der Waals surface area (Å²) in [5, 5.41) is 9.13. The molecule has 0 radical (unpaired) electrons. The van der Waals surface area contributed by atoms with Crippen LogP contribution in [0.25, 0.3) is 0 Å². The Morgan fingerprint density at radius 3 is 2.30 bits per heavy atom. The van der Waals surface area contributed by atoms with Crippen molar-refractivity contribution in [3.05, 3.63) is 0 Å². The van der Waals surface area contributed by atoms with Gasteiger partial charge in [0.2, 0.25) is 0 Å².